The molecule has 0 unspecified atom stereocenters. The van der Waals surface area contributed by atoms with Crippen LogP contribution < -0.4 is 4.74 Å². The van der Waals surface area contributed by atoms with Crippen LogP contribution in [0.2, 0.25) is 5.28 Å². The van der Waals surface area contributed by atoms with Crippen LogP contribution in [0.4, 0.5) is 0 Å². The molecule has 0 atom stereocenters. The maximum atomic E-state index is 5.70. The van der Waals surface area contributed by atoms with Gasteiger partial charge < -0.3 is 9.64 Å². The number of ether oxygens (including phenoxy) is 1. The predicted molar refractivity (Wildman–Crippen MR) is 60.4 cm³/mol. The summed E-state index contributed by atoms with van der Waals surface area (Å²) in [4.78, 5) is 10.0. The normalized spacial score (nSPS) is 10.7. The molecule has 0 saturated carbocycles. The molecule has 0 aromatic carbocycles. The minimum Gasteiger partial charge on any atom is -0.477 e. The topological polar surface area (TPSA) is 38.2 Å². The van der Waals surface area contributed by atoms with E-state index in [0.717, 1.165) is 18.7 Å². The van der Waals surface area contributed by atoms with Crippen LogP contribution in [-0.2, 0) is 0 Å². The van der Waals surface area contributed by atoms with Crippen molar-refractivity contribution in [2.75, 3.05) is 27.2 Å². The highest BCUT2D eigenvalue weighted by molar-refractivity contribution is 6.28. The van der Waals surface area contributed by atoms with E-state index >= 15 is 0 Å². The van der Waals surface area contributed by atoms with Crippen molar-refractivity contribution < 1.29 is 4.74 Å². The highest BCUT2D eigenvalue weighted by Gasteiger charge is 2.00. The van der Waals surface area contributed by atoms with Crippen LogP contribution in [0.1, 0.15) is 12.1 Å². The van der Waals surface area contributed by atoms with Gasteiger partial charge in [0.25, 0.3) is 0 Å². The Morgan fingerprint density at radius 2 is 2.13 bits per heavy atom. The first-order valence-corrected chi connectivity index (χ1v) is 5.24. The lowest BCUT2D eigenvalue weighted by Gasteiger charge is -2.10. The summed E-state index contributed by atoms with van der Waals surface area (Å²) in [6, 6.07) is 1.78. The van der Waals surface area contributed by atoms with Crippen molar-refractivity contribution in [1.29, 1.82) is 0 Å². The number of hydrogen-bond donors (Lipinski definition) is 0. The largest absolute Gasteiger partial charge is 0.477 e. The maximum absolute atomic E-state index is 5.70. The molecule has 0 fully saturated rings. The molecule has 15 heavy (non-hydrogen) atoms. The van der Waals surface area contributed by atoms with Gasteiger partial charge in [0.05, 0.1) is 6.61 Å². The lowest BCUT2D eigenvalue weighted by atomic mass is 10.4. The number of nitrogens with zero attached hydrogens (tertiary/aromatic N) is 3. The molecule has 0 radical (unpaired) electrons. The van der Waals surface area contributed by atoms with Gasteiger partial charge in [0.2, 0.25) is 11.2 Å². The summed E-state index contributed by atoms with van der Waals surface area (Å²) in [6.45, 7) is 3.50. The first-order valence-electron chi connectivity index (χ1n) is 4.86. The van der Waals surface area contributed by atoms with E-state index in [9.17, 15) is 0 Å². The first-order chi connectivity index (χ1) is 7.08. The summed E-state index contributed by atoms with van der Waals surface area (Å²) in [5.41, 5.74) is 0.817. The van der Waals surface area contributed by atoms with Crippen LogP contribution in [0.15, 0.2) is 6.07 Å². The van der Waals surface area contributed by atoms with Crippen molar-refractivity contribution >= 4 is 11.6 Å². The lowest BCUT2D eigenvalue weighted by Crippen LogP contribution is -2.15. The summed E-state index contributed by atoms with van der Waals surface area (Å²) in [5.74, 6) is 0.547. The Kier molecular flexibility index (Phi) is 4.78. The van der Waals surface area contributed by atoms with Crippen molar-refractivity contribution in [3.05, 3.63) is 17.0 Å². The highest BCUT2D eigenvalue weighted by atomic mass is 35.5. The summed E-state index contributed by atoms with van der Waals surface area (Å²) >= 11 is 5.70. The van der Waals surface area contributed by atoms with E-state index in [1.807, 2.05) is 21.0 Å². The molecule has 0 amide bonds. The summed E-state index contributed by atoms with van der Waals surface area (Å²) in [7, 11) is 4.07. The van der Waals surface area contributed by atoms with E-state index < -0.39 is 0 Å². The quantitative estimate of drug-likeness (QED) is 0.570. The molecule has 0 N–H and O–H groups in total. The summed E-state index contributed by atoms with van der Waals surface area (Å²) in [5, 5.41) is 0.234. The van der Waals surface area contributed by atoms with E-state index in [4.69, 9.17) is 16.3 Å². The SMILES string of the molecule is Cc1cc(OCCCN(C)C)nc(Cl)n1. The molecule has 0 aliphatic heterocycles. The van der Waals surface area contributed by atoms with Crippen molar-refractivity contribution in [3.63, 3.8) is 0 Å². The Morgan fingerprint density at radius 3 is 2.73 bits per heavy atom. The lowest BCUT2D eigenvalue weighted by molar-refractivity contribution is 0.272. The zero-order chi connectivity index (χ0) is 11.3. The van der Waals surface area contributed by atoms with Gasteiger partial charge in [-0.1, -0.05) is 0 Å². The van der Waals surface area contributed by atoms with Gasteiger partial charge in [-0.15, -0.1) is 0 Å². The monoisotopic (exact) mass is 229 g/mol. The smallest absolute Gasteiger partial charge is 0.225 e. The molecule has 0 bridgehead atoms. The Morgan fingerprint density at radius 1 is 1.40 bits per heavy atom. The zero-order valence-corrected chi connectivity index (χ0v) is 10.1. The van der Waals surface area contributed by atoms with Crippen LogP contribution in [0, 0.1) is 6.92 Å². The number of aryl methyl sites for hydroxylation is 1. The number of hydrogen-bond acceptors (Lipinski definition) is 4. The van der Waals surface area contributed by atoms with E-state index in [1.54, 1.807) is 6.07 Å². The van der Waals surface area contributed by atoms with Crippen molar-refractivity contribution in [3.8, 4) is 5.88 Å². The second-order valence-corrected chi connectivity index (χ2v) is 3.96. The van der Waals surface area contributed by atoms with Gasteiger partial charge in [-0.05, 0) is 39.0 Å². The van der Waals surface area contributed by atoms with Crippen LogP contribution in [-0.4, -0.2) is 42.1 Å². The van der Waals surface area contributed by atoms with Gasteiger partial charge in [0, 0.05) is 18.3 Å². The van der Waals surface area contributed by atoms with Gasteiger partial charge in [-0.2, -0.15) is 4.98 Å². The highest BCUT2D eigenvalue weighted by Crippen LogP contribution is 2.11. The average Bonchev–Trinajstić information content (AvgIpc) is 2.10. The Balaban J connectivity index is 2.37. The van der Waals surface area contributed by atoms with E-state index in [0.29, 0.717) is 12.5 Å². The third-order valence-electron chi connectivity index (χ3n) is 1.80. The Hall–Kier alpha value is -0.870. The molecule has 0 aliphatic carbocycles. The minimum atomic E-state index is 0.234. The predicted octanol–water partition coefficient (Wildman–Crippen LogP) is 1.77. The molecule has 5 heteroatoms. The summed E-state index contributed by atoms with van der Waals surface area (Å²) < 4.78 is 5.46. The van der Waals surface area contributed by atoms with Crippen LogP contribution in [0.5, 0.6) is 5.88 Å². The first kappa shape index (κ1) is 12.2. The fourth-order valence-electron chi connectivity index (χ4n) is 1.14. The molecule has 4 nitrogen and oxygen atoms in total. The minimum absolute atomic E-state index is 0.234. The number of rotatable bonds is 5. The van der Waals surface area contributed by atoms with Crippen LogP contribution in [0.3, 0.4) is 0 Å². The van der Waals surface area contributed by atoms with Crippen LogP contribution in [0.25, 0.3) is 0 Å². The molecular weight excluding hydrogens is 214 g/mol. The Labute approximate surface area is 95.2 Å². The Bertz CT molecular complexity index is 297. The molecule has 1 aromatic rings. The molecule has 1 heterocycles. The van der Waals surface area contributed by atoms with E-state index in [-0.39, 0.29) is 5.28 Å². The van der Waals surface area contributed by atoms with E-state index in [2.05, 4.69) is 14.9 Å². The third-order valence-corrected chi connectivity index (χ3v) is 1.97. The zero-order valence-electron chi connectivity index (χ0n) is 9.33. The fourth-order valence-corrected chi connectivity index (χ4v) is 1.35. The average molecular weight is 230 g/mol. The molecule has 0 spiro atoms. The number of halogens is 1. The third kappa shape index (κ3) is 4.95. The van der Waals surface area contributed by atoms with E-state index in [1.165, 1.54) is 0 Å². The molecule has 1 aromatic heterocycles. The summed E-state index contributed by atoms with van der Waals surface area (Å²) in [6.07, 6.45) is 0.966. The van der Waals surface area contributed by atoms with Crippen molar-refractivity contribution in [2.24, 2.45) is 0 Å². The molecular formula is C10H16ClN3O. The van der Waals surface area contributed by atoms with Crippen molar-refractivity contribution in [2.45, 2.75) is 13.3 Å². The number of aromatic nitrogens is 2. The van der Waals surface area contributed by atoms with Gasteiger partial charge in [0.15, 0.2) is 0 Å². The second-order valence-electron chi connectivity index (χ2n) is 3.62. The standard InChI is InChI=1S/C10H16ClN3O/c1-8-7-9(13-10(11)12-8)15-6-4-5-14(2)3/h7H,4-6H2,1-3H3. The van der Waals surface area contributed by atoms with Crippen molar-refractivity contribution in [1.82, 2.24) is 14.9 Å². The molecule has 0 aliphatic rings. The fraction of sp³-hybridized carbons (Fsp3) is 0.600. The van der Waals surface area contributed by atoms with Gasteiger partial charge in [0.1, 0.15) is 0 Å². The molecule has 84 valence electrons. The van der Waals surface area contributed by atoms with Gasteiger partial charge >= 0.3 is 0 Å². The second kappa shape index (κ2) is 5.88. The van der Waals surface area contributed by atoms with Gasteiger partial charge in [-0.25, -0.2) is 4.98 Å². The van der Waals surface area contributed by atoms with Gasteiger partial charge in [-0.3, -0.25) is 0 Å². The molecule has 1 rings (SSSR count). The van der Waals surface area contributed by atoms with Crippen LogP contribution >= 0.6 is 11.6 Å². The molecule has 0 saturated heterocycles. The maximum Gasteiger partial charge on any atom is 0.225 e.